The monoisotopic (exact) mass is 311 g/mol. The number of hydrogen-bond donors (Lipinski definition) is 1. The van der Waals surface area contributed by atoms with Crippen molar-refractivity contribution in [1.82, 2.24) is 5.32 Å². The fourth-order valence-electron chi connectivity index (χ4n) is 1.61. The number of halogens is 1. The van der Waals surface area contributed by atoms with Crippen LogP contribution in [-0.2, 0) is 6.54 Å². The topological polar surface area (TPSA) is 21.3 Å². The molecular weight excluding hydrogens is 290 g/mol. The van der Waals surface area contributed by atoms with Crippen molar-refractivity contribution in [3.8, 4) is 5.75 Å². The first-order valence-corrected chi connectivity index (χ1v) is 7.30. The molecule has 0 aliphatic rings. The van der Waals surface area contributed by atoms with Gasteiger partial charge in [-0.2, -0.15) is 0 Å². The van der Waals surface area contributed by atoms with Crippen LogP contribution < -0.4 is 10.1 Å². The first-order chi connectivity index (χ1) is 8.77. The van der Waals surface area contributed by atoms with Crippen molar-refractivity contribution in [3.05, 3.63) is 40.4 Å². The lowest BCUT2D eigenvalue weighted by molar-refractivity contribution is 0.313. The minimum Gasteiger partial charge on any atom is -0.493 e. The number of nitrogens with one attached hydrogen (secondary N) is 1. The average molecular weight is 312 g/mol. The molecule has 0 fully saturated rings. The van der Waals surface area contributed by atoms with Gasteiger partial charge in [0.2, 0.25) is 0 Å². The van der Waals surface area contributed by atoms with Crippen LogP contribution in [0.5, 0.6) is 5.75 Å². The van der Waals surface area contributed by atoms with E-state index in [4.69, 9.17) is 4.74 Å². The van der Waals surface area contributed by atoms with E-state index in [-0.39, 0.29) is 0 Å². The lowest BCUT2D eigenvalue weighted by Gasteiger charge is -2.12. The zero-order chi connectivity index (χ0) is 13.2. The zero-order valence-corrected chi connectivity index (χ0v) is 12.8. The molecular formula is C15H22BrNO. The summed E-state index contributed by atoms with van der Waals surface area (Å²) < 4.78 is 6.84. The van der Waals surface area contributed by atoms with Gasteiger partial charge in [-0.15, -0.1) is 0 Å². The van der Waals surface area contributed by atoms with E-state index in [1.54, 1.807) is 0 Å². The average Bonchev–Trinajstić information content (AvgIpc) is 2.37. The first kappa shape index (κ1) is 15.3. The Morgan fingerprint density at radius 3 is 2.94 bits per heavy atom. The molecule has 0 unspecified atom stereocenters. The fraction of sp³-hybridized carbons (Fsp3) is 0.467. The third-order valence-corrected chi connectivity index (χ3v) is 3.02. The number of ether oxygens (including phenoxy) is 1. The Kier molecular flexibility index (Phi) is 7.78. The summed E-state index contributed by atoms with van der Waals surface area (Å²) in [6.07, 6.45) is 6.35. The summed E-state index contributed by atoms with van der Waals surface area (Å²) in [6, 6.07) is 6.17. The van der Waals surface area contributed by atoms with Crippen molar-refractivity contribution in [2.75, 3.05) is 13.2 Å². The van der Waals surface area contributed by atoms with Gasteiger partial charge in [0, 0.05) is 16.6 Å². The van der Waals surface area contributed by atoms with Gasteiger partial charge >= 0.3 is 0 Å². The van der Waals surface area contributed by atoms with Gasteiger partial charge in [-0.05, 0) is 44.5 Å². The van der Waals surface area contributed by atoms with Crippen LogP contribution in [0, 0.1) is 0 Å². The molecule has 1 N–H and O–H groups in total. The standard InChI is InChI=1S/C15H22BrNO/c1-3-5-6-9-17-12-13-11-14(16)7-8-15(13)18-10-4-2/h3,5,7-8,11,17H,4,6,9-10,12H2,1-2H3/b5-3+. The van der Waals surface area contributed by atoms with Gasteiger partial charge in [-0.25, -0.2) is 0 Å². The molecule has 0 aromatic heterocycles. The Balaban J connectivity index is 2.52. The van der Waals surface area contributed by atoms with E-state index in [0.717, 1.165) is 42.8 Å². The van der Waals surface area contributed by atoms with Crippen molar-refractivity contribution in [3.63, 3.8) is 0 Å². The summed E-state index contributed by atoms with van der Waals surface area (Å²) in [5.74, 6) is 0.985. The van der Waals surface area contributed by atoms with Crippen LogP contribution >= 0.6 is 15.9 Å². The lowest BCUT2D eigenvalue weighted by Crippen LogP contribution is -2.15. The van der Waals surface area contributed by atoms with Gasteiger partial charge in [0.15, 0.2) is 0 Å². The van der Waals surface area contributed by atoms with Crippen molar-refractivity contribution in [2.24, 2.45) is 0 Å². The maximum atomic E-state index is 5.74. The van der Waals surface area contributed by atoms with Crippen LogP contribution in [0.2, 0.25) is 0 Å². The molecule has 1 rings (SSSR count). The highest BCUT2D eigenvalue weighted by Crippen LogP contribution is 2.23. The van der Waals surface area contributed by atoms with E-state index in [1.807, 2.05) is 19.1 Å². The molecule has 100 valence electrons. The fourth-order valence-corrected chi connectivity index (χ4v) is 2.02. The summed E-state index contributed by atoms with van der Waals surface area (Å²) in [5, 5.41) is 3.43. The largest absolute Gasteiger partial charge is 0.493 e. The molecule has 0 saturated carbocycles. The minimum absolute atomic E-state index is 0.771. The Morgan fingerprint density at radius 1 is 1.39 bits per heavy atom. The predicted molar refractivity (Wildman–Crippen MR) is 81.1 cm³/mol. The van der Waals surface area contributed by atoms with Gasteiger partial charge < -0.3 is 10.1 Å². The molecule has 2 nitrogen and oxygen atoms in total. The molecule has 0 saturated heterocycles. The molecule has 0 amide bonds. The quantitative estimate of drug-likeness (QED) is 0.571. The molecule has 1 aromatic rings. The van der Waals surface area contributed by atoms with Crippen molar-refractivity contribution in [2.45, 2.75) is 33.2 Å². The summed E-state index contributed by atoms with van der Waals surface area (Å²) in [4.78, 5) is 0. The van der Waals surface area contributed by atoms with Gasteiger partial charge in [-0.3, -0.25) is 0 Å². The number of rotatable bonds is 8. The highest BCUT2D eigenvalue weighted by molar-refractivity contribution is 9.10. The summed E-state index contributed by atoms with van der Waals surface area (Å²) in [6.45, 7) is 6.77. The number of hydrogen-bond acceptors (Lipinski definition) is 2. The summed E-state index contributed by atoms with van der Waals surface area (Å²) >= 11 is 3.50. The van der Waals surface area contributed by atoms with Gasteiger partial charge in [-0.1, -0.05) is 35.0 Å². The molecule has 1 aromatic carbocycles. The SMILES string of the molecule is C/C=C/CCNCc1cc(Br)ccc1OCCC. The lowest BCUT2D eigenvalue weighted by atomic mass is 10.2. The van der Waals surface area contributed by atoms with E-state index < -0.39 is 0 Å². The van der Waals surface area contributed by atoms with Crippen LogP contribution in [0.25, 0.3) is 0 Å². The van der Waals surface area contributed by atoms with Crippen molar-refractivity contribution < 1.29 is 4.74 Å². The van der Waals surface area contributed by atoms with Crippen LogP contribution in [0.4, 0.5) is 0 Å². The van der Waals surface area contributed by atoms with Gasteiger partial charge in [0.1, 0.15) is 5.75 Å². The van der Waals surface area contributed by atoms with Gasteiger partial charge in [0.25, 0.3) is 0 Å². The zero-order valence-electron chi connectivity index (χ0n) is 11.2. The van der Waals surface area contributed by atoms with E-state index in [0.29, 0.717) is 0 Å². The van der Waals surface area contributed by atoms with E-state index in [9.17, 15) is 0 Å². The molecule has 0 aliphatic heterocycles. The van der Waals surface area contributed by atoms with Crippen molar-refractivity contribution >= 4 is 15.9 Å². The van der Waals surface area contributed by atoms with Crippen LogP contribution in [0.3, 0.4) is 0 Å². The molecule has 0 aliphatic carbocycles. The normalized spacial score (nSPS) is 11.1. The maximum Gasteiger partial charge on any atom is 0.123 e. The van der Waals surface area contributed by atoms with Crippen LogP contribution in [-0.4, -0.2) is 13.2 Å². The first-order valence-electron chi connectivity index (χ1n) is 6.51. The predicted octanol–water partition coefficient (Wildman–Crippen LogP) is 4.29. The second-order valence-corrected chi connectivity index (χ2v) is 5.05. The van der Waals surface area contributed by atoms with Gasteiger partial charge in [0.05, 0.1) is 6.61 Å². The smallest absolute Gasteiger partial charge is 0.123 e. The highest BCUT2D eigenvalue weighted by Gasteiger charge is 2.03. The Labute approximate surface area is 119 Å². The molecule has 18 heavy (non-hydrogen) atoms. The highest BCUT2D eigenvalue weighted by atomic mass is 79.9. The third-order valence-electron chi connectivity index (χ3n) is 2.52. The summed E-state index contributed by atoms with van der Waals surface area (Å²) in [5.41, 5.74) is 1.21. The van der Waals surface area contributed by atoms with Crippen molar-refractivity contribution in [1.29, 1.82) is 0 Å². The van der Waals surface area contributed by atoms with E-state index in [1.165, 1.54) is 5.56 Å². The number of benzene rings is 1. The second-order valence-electron chi connectivity index (χ2n) is 4.13. The molecule has 0 bridgehead atoms. The second kappa shape index (κ2) is 9.17. The van der Waals surface area contributed by atoms with E-state index >= 15 is 0 Å². The van der Waals surface area contributed by atoms with E-state index in [2.05, 4.69) is 46.4 Å². The number of allylic oxidation sites excluding steroid dienone is 1. The molecule has 3 heteroatoms. The molecule has 0 heterocycles. The summed E-state index contributed by atoms with van der Waals surface area (Å²) in [7, 11) is 0. The van der Waals surface area contributed by atoms with Crippen LogP contribution in [0.15, 0.2) is 34.8 Å². The Morgan fingerprint density at radius 2 is 2.22 bits per heavy atom. The Hall–Kier alpha value is -0.800. The molecule has 0 spiro atoms. The van der Waals surface area contributed by atoms with Crippen LogP contribution in [0.1, 0.15) is 32.3 Å². The Bertz CT molecular complexity index is 377. The molecule has 0 atom stereocenters. The maximum absolute atomic E-state index is 5.74. The molecule has 0 radical (unpaired) electrons. The third kappa shape index (κ3) is 5.69. The minimum atomic E-state index is 0.771.